The topological polar surface area (TPSA) is 76.7 Å². The molecule has 1 heterocycles. The molecule has 136 valence electrons. The molecule has 3 rings (SSSR count). The van der Waals surface area contributed by atoms with Gasteiger partial charge in [0.25, 0.3) is 0 Å². The Balaban J connectivity index is 1.52. The predicted molar refractivity (Wildman–Crippen MR) is 93.7 cm³/mol. The second-order valence-corrected chi connectivity index (χ2v) is 6.74. The number of carbonyl (C=O) groups excluding carboxylic acids is 2. The molecule has 6 heteroatoms. The molecule has 0 bridgehead atoms. The molecule has 25 heavy (non-hydrogen) atoms. The van der Waals surface area contributed by atoms with Gasteiger partial charge in [-0.15, -0.1) is 0 Å². The third-order valence-electron chi connectivity index (χ3n) is 4.83. The van der Waals surface area contributed by atoms with Gasteiger partial charge in [-0.1, -0.05) is 18.9 Å². The summed E-state index contributed by atoms with van der Waals surface area (Å²) in [5, 5.41) is 5.79. The molecule has 0 radical (unpaired) electrons. The third kappa shape index (κ3) is 4.65. The van der Waals surface area contributed by atoms with E-state index in [1.165, 1.54) is 6.92 Å². The van der Waals surface area contributed by atoms with E-state index in [0.29, 0.717) is 26.2 Å². The smallest absolute Gasteiger partial charge is 0.242 e. The fourth-order valence-corrected chi connectivity index (χ4v) is 3.59. The van der Waals surface area contributed by atoms with Gasteiger partial charge in [-0.25, -0.2) is 0 Å². The van der Waals surface area contributed by atoms with Crippen LogP contribution in [0.3, 0.4) is 0 Å². The second-order valence-electron chi connectivity index (χ2n) is 6.74. The van der Waals surface area contributed by atoms with Crippen molar-refractivity contribution in [2.75, 3.05) is 19.8 Å². The fraction of sp³-hybridized carbons (Fsp3) is 0.579. The van der Waals surface area contributed by atoms with Crippen LogP contribution >= 0.6 is 0 Å². The van der Waals surface area contributed by atoms with Gasteiger partial charge in [0, 0.05) is 13.5 Å². The van der Waals surface area contributed by atoms with E-state index in [9.17, 15) is 9.59 Å². The lowest BCUT2D eigenvalue weighted by atomic mass is 9.97. The molecule has 2 N–H and O–H groups in total. The summed E-state index contributed by atoms with van der Waals surface area (Å²) in [4.78, 5) is 23.9. The molecule has 1 aliphatic heterocycles. The minimum Gasteiger partial charge on any atom is -0.486 e. The number of hydrogen-bond acceptors (Lipinski definition) is 4. The number of fused-ring (bicyclic) bond motifs is 1. The zero-order chi connectivity index (χ0) is 17.6. The van der Waals surface area contributed by atoms with Crippen molar-refractivity contribution in [2.45, 2.75) is 45.1 Å². The normalized spacial score (nSPS) is 17.8. The maximum absolute atomic E-state index is 12.5. The average molecular weight is 346 g/mol. The highest BCUT2D eigenvalue weighted by molar-refractivity contribution is 5.87. The molecule has 2 amide bonds. The summed E-state index contributed by atoms with van der Waals surface area (Å²) < 4.78 is 11.1. The predicted octanol–water partition coefficient (Wildman–Crippen LogP) is 1.81. The largest absolute Gasteiger partial charge is 0.486 e. The number of rotatable bonds is 6. The SMILES string of the molecule is CC(=O)N[C@@H](C(=O)NCCc1ccc2c(c1)OCCO2)C1CCCC1. The molecule has 0 saturated heterocycles. The molecule has 1 aromatic rings. The molecule has 1 aliphatic carbocycles. The van der Waals surface area contributed by atoms with Crippen LogP contribution in [0.5, 0.6) is 11.5 Å². The number of hydrogen-bond donors (Lipinski definition) is 2. The van der Waals surface area contributed by atoms with Crippen LogP contribution in [0.2, 0.25) is 0 Å². The van der Waals surface area contributed by atoms with E-state index in [1.807, 2.05) is 18.2 Å². The van der Waals surface area contributed by atoms with Crippen molar-refractivity contribution in [3.05, 3.63) is 23.8 Å². The monoisotopic (exact) mass is 346 g/mol. The van der Waals surface area contributed by atoms with Crippen molar-refractivity contribution in [2.24, 2.45) is 5.92 Å². The number of benzene rings is 1. The molecule has 0 unspecified atom stereocenters. The number of amides is 2. The molecule has 0 spiro atoms. The summed E-state index contributed by atoms with van der Waals surface area (Å²) in [5.41, 5.74) is 1.08. The maximum atomic E-state index is 12.5. The van der Waals surface area contributed by atoms with Gasteiger partial charge < -0.3 is 20.1 Å². The number of ether oxygens (including phenoxy) is 2. The van der Waals surface area contributed by atoms with Crippen molar-refractivity contribution in [1.82, 2.24) is 10.6 Å². The van der Waals surface area contributed by atoms with Crippen LogP contribution in [-0.4, -0.2) is 37.6 Å². The van der Waals surface area contributed by atoms with E-state index in [-0.39, 0.29) is 17.7 Å². The van der Waals surface area contributed by atoms with E-state index in [1.54, 1.807) is 0 Å². The highest BCUT2D eigenvalue weighted by Crippen LogP contribution is 2.31. The van der Waals surface area contributed by atoms with Crippen LogP contribution in [0.15, 0.2) is 18.2 Å². The number of carbonyl (C=O) groups is 2. The van der Waals surface area contributed by atoms with E-state index < -0.39 is 6.04 Å². The molecule has 6 nitrogen and oxygen atoms in total. The van der Waals surface area contributed by atoms with Crippen molar-refractivity contribution < 1.29 is 19.1 Å². The van der Waals surface area contributed by atoms with E-state index >= 15 is 0 Å². The second kappa shape index (κ2) is 8.23. The summed E-state index contributed by atoms with van der Waals surface area (Å²) in [7, 11) is 0. The Kier molecular flexibility index (Phi) is 5.79. The lowest BCUT2D eigenvalue weighted by Crippen LogP contribution is -2.50. The zero-order valence-electron chi connectivity index (χ0n) is 14.7. The van der Waals surface area contributed by atoms with Crippen molar-refractivity contribution >= 4 is 11.8 Å². The van der Waals surface area contributed by atoms with Crippen LogP contribution in [0, 0.1) is 5.92 Å². The Labute approximate surface area is 148 Å². The van der Waals surface area contributed by atoms with Crippen LogP contribution in [0.1, 0.15) is 38.2 Å². The summed E-state index contributed by atoms with van der Waals surface area (Å²) >= 11 is 0. The van der Waals surface area contributed by atoms with E-state index in [2.05, 4.69) is 10.6 Å². The molecular weight excluding hydrogens is 320 g/mol. The highest BCUT2D eigenvalue weighted by Gasteiger charge is 2.31. The van der Waals surface area contributed by atoms with Crippen molar-refractivity contribution in [3.63, 3.8) is 0 Å². The lowest BCUT2D eigenvalue weighted by molar-refractivity contribution is -0.129. The molecule has 2 aliphatic rings. The molecule has 1 fully saturated rings. The molecule has 1 atom stereocenters. The van der Waals surface area contributed by atoms with Gasteiger partial charge >= 0.3 is 0 Å². The Morgan fingerprint density at radius 2 is 1.88 bits per heavy atom. The highest BCUT2D eigenvalue weighted by atomic mass is 16.6. The van der Waals surface area contributed by atoms with Crippen LogP contribution in [-0.2, 0) is 16.0 Å². The first-order valence-electron chi connectivity index (χ1n) is 9.07. The zero-order valence-corrected chi connectivity index (χ0v) is 14.7. The first-order valence-corrected chi connectivity index (χ1v) is 9.07. The van der Waals surface area contributed by atoms with Gasteiger partial charge in [-0.05, 0) is 42.9 Å². The number of nitrogens with one attached hydrogen (secondary N) is 2. The summed E-state index contributed by atoms with van der Waals surface area (Å²) in [5.74, 6) is 1.54. The molecular formula is C19H26N2O4. The van der Waals surface area contributed by atoms with E-state index in [0.717, 1.165) is 42.7 Å². The van der Waals surface area contributed by atoms with Crippen molar-refractivity contribution in [1.29, 1.82) is 0 Å². The Bertz CT molecular complexity index is 626. The quantitative estimate of drug-likeness (QED) is 0.824. The Morgan fingerprint density at radius 1 is 1.16 bits per heavy atom. The molecule has 0 aromatic heterocycles. The lowest BCUT2D eigenvalue weighted by Gasteiger charge is -2.23. The first kappa shape index (κ1) is 17.6. The van der Waals surface area contributed by atoms with Crippen LogP contribution in [0.4, 0.5) is 0 Å². The van der Waals surface area contributed by atoms with E-state index in [4.69, 9.17) is 9.47 Å². The van der Waals surface area contributed by atoms with Gasteiger partial charge in [0.15, 0.2) is 11.5 Å². The molecule has 1 saturated carbocycles. The van der Waals surface area contributed by atoms with Gasteiger partial charge in [0.1, 0.15) is 19.3 Å². The van der Waals surface area contributed by atoms with Gasteiger partial charge in [-0.3, -0.25) is 9.59 Å². The summed E-state index contributed by atoms with van der Waals surface area (Å²) in [6.45, 7) is 3.13. The van der Waals surface area contributed by atoms with Crippen molar-refractivity contribution in [3.8, 4) is 11.5 Å². The minimum atomic E-state index is -0.416. The Hall–Kier alpha value is -2.24. The minimum absolute atomic E-state index is 0.0837. The van der Waals surface area contributed by atoms with Crippen LogP contribution in [0.25, 0.3) is 0 Å². The standard InChI is InChI=1S/C19H26N2O4/c1-13(22)21-18(15-4-2-3-5-15)19(23)20-9-8-14-6-7-16-17(12-14)25-11-10-24-16/h6-7,12,15,18H,2-5,8-11H2,1H3,(H,20,23)(H,21,22)/t18-/m1/s1. The summed E-state index contributed by atoms with van der Waals surface area (Å²) in [6.07, 6.45) is 4.97. The molecule has 1 aromatic carbocycles. The first-order chi connectivity index (χ1) is 12.1. The third-order valence-corrected chi connectivity index (χ3v) is 4.83. The summed E-state index contributed by atoms with van der Waals surface area (Å²) in [6, 6.07) is 5.44. The van der Waals surface area contributed by atoms with Gasteiger partial charge in [-0.2, -0.15) is 0 Å². The van der Waals surface area contributed by atoms with Gasteiger partial charge in [0.05, 0.1) is 0 Å². The average Bonchev–Trinajstić information content (AvgIpc) is 3.13. The van der Waals surface area contributed by atoms with Gasteiger partial charge in [0.2, 0.25) is 11.8 Å². The fourth-order valence-electron chi connectivity index (χ4n) is 3.59. The Morgan fingerprint density at radius 3 is 2.60 bits per heavy atom. The maximum Gasteiger partial charge on any atom is 0.242 e. The van der Waals surface area contributed by atoms with Crippen LogP contribution < -0.4 is 20.1 Å².